The van der Waals surface area contributed by atoms with Crippen LogP contribution in [0.25, 0.3) is 0 Å². The van der Waals surface area contributed by atoms with Crippen LogP contribution in [0, 0.1) is 5.82 Å². The largest absolute Gasteiger partial charge is 0.399 e. The van der Waals surface area contributed by atoms with Crippen molar-refractivity contribution in [2.45, 2.75) is 19.4 Å². The number of rotatable bonds is 5. The van der Waals surface area contributed by atoms with Crippen LogP contribution in [0.15, 0.2) is 48.5 Å². The lowest BCUT2D eigenvalue weighted by molar-refractivity contribution is -0.130. The van der Waals surface area contributed by atoms with E-state index in [1.807, 2.05) is 24.3 Å². The molecular weight excluding hydrogens is 267 g/mol. The number of hydrogen-bond acceptors (Lipinski definition) is 2. The summed E-state index contributed by atoms with van der Waals surface area (Å²) < 4.78 is 12.8. The zero-order valence-corrected chi connectivity index (χ0v) is 12.1. The van der Waals surface area contributed by atoms with E-state index in [0.717, 1.165) is 11.1 Å². The van der Waals surface area contributed by atoms with E-state index in [2.05, 4.69) is 0 Å². The van der Waals surface area contributed by atoms with Crippen molar-refractivity contribution < 1.29 is 9.18 Å². The topological polar surface area (TPSA) is 46.3 Å². The van der Waals surface area contributed by atoms with Crippen LogP contribution in [0.5, 0.6) is 0 Å². The smallest absolute Gasteiger partial charge is 0.222 e. The average Bonchev–Trinajstić information content (AvgIpc) is 2.47. The van der Waals surface area contributed by atoms with Gasteiger partial charge in [-0.2, -0.15) is 0 Å². The maximum atomic E-state index is 12.8. The molecule has 0 heterocycles. The molecule has 0 saturated heterocycles. The number of aryl methyl sites for hydroxylation is 1. The van der Waals surface area contributed by atoms with Crippen LogP contribution in [-0.4, -0.2) is 17.9 Å². The molecule has 2 N–H and O–H groups in total. The molecule has 0 fully saturated rings. The van der Waals surface area contributed by atoms with Gasteiger partial charge in [0.1, 0.15) is 5.82 Å². The molecular formula is C17H19FN2O. The molecule has 1 amide bonds. The average molecular weight is 286 g/mol. The third-order valence-corrected chi connectivity index (χ3v) is 3.34. The van der Waals surface area contributed by atoms with Crippen LogP contribution in [0.4, 0.5) is 10.1 Å². The van der Waals surface area contributed by atoms with E-state index in [4.69, 9.17) is 5.73 Å². The van der Waals surface area contributed by atoms with E-state index < -0.39 is 0 Å². The van der Waals surface area contributed by atoms with E-state index in [1.165, 1.54) is 12.1 Å². The summed E-state index contributed by atoms with van der Waals surface area (Å²) in [4.78, 5) is 13.7. The summed E-state index contributed by atoms with van der Waals surface area (Å²) in [7, 11) is 1.76. The lowest BCUT2D eigenvalue weighted by Gasteiger charge is -2.17. The first-order chi connectivity index (χ1) is 10.0. The molecule has 0 unspecified atom stereocenters. The van der Waals surface area contributed by atoms with Gasteiger partial charge in [0.05, 0.1) is 0 Å². The summed E-state index contributed by atoms with van der Waals surface area (Å²) in [6.45, 7) is 0.482. The maximum Gasteiger partial charge on any atom is 0.222 e. The molecule has 2 rings (SSSR count). The monoisotopic (exact) mass is 286 g/mol. The minimum atomic E-state index is -0.269. The second-order valence-corrected chi connectivity index (χ2v) is 5.12. The third kappa shape index (κ3) is 4.60. The first-order valence-electron chi connectivity index (χ1n) is 6.87. The van der Waals surface area contributed by atoms with Crippen molar-refractivity contribution in [1.82, 2.24) is 4.90 Å². The van der Waals surface area contributed by atoms with Gasteiger partial charge in [-0.15, -0.1) is 0 Å². The summed E-state index contributed by atoms with van der Waals surface area (Å²) in [5.41, 5.74) is 8.39. The van der Waals surface area contributed by atoms with Crippen molar-refractivity contribution in [1.29, 1.82) is 0 Å². The van der Waals surface area contributed by atoms with Gasteiger partial charge in [0.2, 0.25) is 5.91 Å². The summed E-state index contributed by atoms with van der Waals surface area (Å²) in [6, 6.07) is 13.7. The van der Waals surface area contributed by atoms with Gasteiger partial charge in [-0.3, -0.25) is 4.79 Å². The van der Waals surface area contributed by atoms with E-state index in [-0.39, 0.29) is 11.7 Å². The Balaban J connectivity index is 1.86. The molecule has 2 aromatic carbocycles. The molecule has 0 aliphatic carbocycles. The molecule has 3 nitrogen and oxygen atoms in total. The number of benzene rings is 2. The fraction of sp³-hybridized carbons (Fsp3) is 0.235. The number of hydrogen-bond donors (Lipinski definition) is 1. The Morgan fingerprint density at radius 3 is 2.52 bits per heavy atom. The molecule has 4 heteroatoms. The van der Waals surface area contributed by atoms with Crippen LogP contribution in [-0.2, 0) is 17.8 Å². The number of nitrogens with zero attached hydrogens (tertiary/aromatic N) is 1. The maximum absolute atomic E-state index is 12.8. The van der Waals surface area contributed by atoms with E-state index in [9.17, 15) is 9.18 Å². The lowest BCUT2D eigenvalue weighted by Crippen LogP contribution is -2.26. The summed E-state index contributed by atoms with van der Waals surface area (Å²) in [6.07, 6.45) is 1.10. The number of nitrogens with two attached hydrogens (primary N) is 1. The number of amides is 1. The predicted octanol–water partition coefficient (Wildman–Crippen LogP) is 3.00. The van der Waals surface area contributed by atoms with Crippen molar-refractivity contribution in [3.8, 4) is 0 Å². The highest BCUT2D eigenvalue weighted by Crippen LogP contribution is 2.11. The molecule has 0 spiro atoms. The van der Waals surface area contributed by atoms with Gasteiger partial charge in [-0.05, 0) is 41.8 Å². The quantitative estimate of drug-likeness (QED) is 0.859. The van der Waals surface area contributed by atoms with Gasteiger partial charge in [0, 0.05) is 25.7 Å². The highest BCUT2D eigenvalue weighted by atomic mass is 19.1. The fourth-order valence-corrected chi connectivity index (χ4v) is 2.14. The SMILES string of the molecule is CN(Cc1ccc(F)cc1)C(=O)CCc1cccc(N)c1. The minimum absolute atomic E-state index is 0.0572. The predicted molar refractivity (Wildman–Crippen MR) is 82.0 cm³/mol. The van der Waals surface area contributed by atoms with Gasteiger partial charge < -0.3 is 10.6 Å². The van der Waals surface area contributed by atoms with Crippen LogP contribution in [0.1, 0.15) is 17.5 Å². The second kappa shape index (κ2) is 6.88. The highest BCUT2D eigenvalue weighted by molar-refractivity contribution is 5.76. The van der Waals surface area contributed by atoms with Crippen LogP contribution >= 0.6 is 0 Å². The van der Waals surface area contributed by atoms with Gasteiger partial charge in [-0.25, -0.2) is 4.39 Å². The first kappa shape index (κ1) is 15.0. The van der Waals surface area contributed by atoms with Crippen molar-refractivity contribution in [3.63, 3.8) is 0 Å². The van der Waals surface area contributed by atoms with E-state index in [1.54, 1.807) is 24.1 Å². The third-order valence-electron chi connectivity index (χ3n) is 3.34. The van der Waals surface area contributed by atoms with Gasteiger partial charge >= 0.3 is 0 Å². The van der Waals surface area contributed by atoms with Gasteiger partial charge in [-0.1, -0.05) is 24.3 Å². The van der Waals surface area contributed by atoms with E-state index in [0.29, 0.717) is 25.1 Å². The Morgan fingerprint density at radius 1 is 1.14 bits per heavy atom. The Hall–Kier alpha value is -2.36. The van der Waals surface area contributed by atoms with E-state index >= 15 is 0 Å². The fourth-order valence-electron chi connectivity index (χ4n) is 2.14. The lowest BCUT2D eigenvalue weighted by atomic mass is 10.1. The van der Waals surface area contributed by atoms with Crippen LogP contribution in [0.2, 0.25) is 0 Å². The number of carbonyl (C=O) groups is 1. The number of carbonyl (C=O) groups excluding carboxylic acids is 1. The Labute approximate surface area is 124 Å². The molecule has 110 valence electrons. The summed E-state index contributed by atoms with van der Waals surface area (Å²) in [5.74, 6) is -0.212. The molecule has 0 saturated carbocycles. The van der Waals surface area contributed by atoms with Gasteiger partial charge in [0.25, 0.3) is 0 Å². The first-order valence-corrected chi connectivity index (χ1v) is 6.87. The zero-order valence-electron chi connectivity index (χ0n) is 12.1. The second-order valence-electron chi connectivity index (χ2n) is 5.12. The normalized spacial score (nSPS) is 10.4. The summed E-state index contributed by atoms with van der Waals surface area (Å²) in [5, 5.41) is 0. The van der Waals surface area contributed by atoms with Crippen LogP contribution in [0.3, 0.4) is 0 Å². The highest BCUT2D eigenvalue weighted by Gasteiger charge is 2.09. The standard InChI is InChI=1S/C17H19FN2O/c1-20(12-14-5-8-15(18)9-6-14)17(21)10-7-13-3-2-4-16(19)11-13/h2-6,8-9,11H,7,10,12,19H2,1H3. The zero-order chi connectivity index (χ0) is 15.2. The van der Waals surface area contributed by atoms with Crippen LogP contribution < -0.4 is 5.73 Å². The van der Waals surface area contributed by atoms with Gasteiger partial charge in [0.15, 0.2) is 0 Å². The molecule has 0 bridgehead atoms. The van der Waals surface area contributed by atoms with Crippen molar-refractivity contribution in [2.24, 2.45) is 0 Å². The minimum Gasteiger partial charge on any atom is -0.399 e. The summed E-state index contributed by atoms with van der Waals surface area (Å²) >= 11 is 0. The molecule has 2 aromatic rings. The number of halogens is 1. The molecule has 0 atom stereocenters. The number of anilines is 1. The molecule has 0 radical (unpaired) electrons. The Bertz CT molecular complexity index is 610. The molecule has 0 aliphatic heterocycles. The number of nitrogen functional groups attached to an aromatic ring is 1. The molecule has 0 aromatic heterocycles. The van der Waals surface area contributed by atoms with Crippen molar-refractivity contribution in [3.05, 3.63) is 65.5 Å². The molecule has 0 aliphatic rings. The van der Waals surface area contributed by atoms with Crippen molar-refractivity contribution in [2.75, 3.05) is 12.8 Å². The molecule has 21 heavy (non-hydrogen) atoms. The Kier molecular flexibility index (Phi) is 4.93. The van der Waals surface area contributed by atoms with Crippen molar-refractivity contribution >= 4 is 11.6 Å². The Morgan fingerprint density at radius 2 is 1.86 bits per heavy atom.